The molecule has 1 saturated heterocycles. The number of anilines is 1. The van der Waals surface area contributed by atoms with Crippen LogP contribution in [0.4, 0.5) is 5.69 Å². The normalized spacial score (nSPS) is 18.4. The largest absolute Gasteiger partial charge is 0.493 e. The number of guanidine groups is 1. The Bertz CT molecular complexity index is 810. The predicted molar refractivity (Wildman–Crippen MR) is 109 cm³/mol. The molecule has 0 radical (unpaired) electrons. The maximum atomic E-state index is 12.0. The number of carbonyl (C=O) groups excluding carboxylic acids is 1. The average molecular weight is 413 g/mol. The molecule has 0 aromatic heterocycles. The number of benzene rings is 1. The lowest BCUT2D eigenvalue weighted by molar-refractivity contribution is -0.121. The summed E-state index contributed by atoms with van der Waals surface area (Å²) < 4.78 is 33.4. The molecule has 3 N–H and O–H groups in total. The van der Waals surface area contributed by atoms with E-state index in [4.69, 9.17) is 9.47 Å². The van der Waals surface area contributed by atoms with Crippen molar-refractivity contribution in [2.45, 2.75) is 25.8 Å². The first-order valence-electron chi connectivity index (χ1n) is 9.14. The third-order valence-corrected chi connectivity index (χ3v) is 5.96. The highest BCUT2D eigenvalue weighted by Gasteiger charge is 2.28. The van der Waals surface area contributed by atoms with Crippen molar-refractivity contribution in [3.63, 3.8) is 0 Å². The summed E-state index contributed by atoms with van der Waals surface area (Å²) in [7, 11) is 0.127. The Balaban J connectivity index is 1.90. The Kier molecular flexibility index (Phi) is 7.91. The number of methoxy groups -OCH3 is 2. The number of nitrogens with zero attached hydrogens (tertiary/aromatic N) is 1. The molecule has 156 valence electrons. The topological polar surface area (TPSA) is 118 Å². The number of rotatable bonds is 8. The Morgan fingerprint density at radius 3 is 2.61 bits per heavy atom. The van der Waals surface area contributed by atoms with E-state index in [1.54, 1.807) is 26.4 Å². The highest BCUT2D eigenvalue weighted by Crippen LogP contribution is 2.29. The van der Waals surface area contributed by atoms with E-state index in [0.29, 0.717) is 30.4 Å². The molecule has 0 spiro atoms. The highest BCUT2D eigenvalue weighted by molar-refractivity contribution is 7.91. The minimum absolute atomic E-state index is 0.0194. The van der Waals surface area contributed by atoms with Crippen molar-refractivity contribution in [1.82, 2.24) is 10.6 Å². The highest BCUT2D eigenvalue weighted by atomic mass is 32.2. The van der Waals surface area contributed by atoms with Crippen LogP contribution in [0.3, 0.4) is 0 Å². The number of hydrogen-bond donors (Lipinski definition) is 3. The summed E-state index contributed by atoms with van der Waals surface area (Å²) in [6.07, 6.45) is 0.653. The molecule has 10 heteroatoms. The van der Waals surface area contributed by atoms with Gasteiger partial charge in [0.1, 0.15) is 0 Å². The Morgan fingerprint density at radius 2 is 2.00 bits per heavy atom. The lowest BCUT2D eigenvalue weighted by Crippen LogP contribution is -2.36. The van der Waals surface area contributed by atoms with Crippen LogP contribution in [0.15, 0.2) is 23.2 Å². The minimum atomic E-state index is -3.01. The van der Waals surface area contributed by atoms with E-state index in [2.05, 4.69) is 20.9 Å². The van der Waals surface area contributed by atoms with Crippen molar-refractivity contribution >= 4 is 27.4 Å². The summed E-state index contributed by atoms with van der Waals surface area (Å²) in [5.41, 5.74) is 0.762. The third kappa shape index (κ3) is 6.59. The van der Waals surface area contributed by atoms with E-state index >= 15 is 0 Å². The van der Waals surface area contributed by atoms with Crippen LogP contribution < -0.4 is 25.4 Å². The van der Waals surface area contributed by atoms with Gasteiger partial charge >= 0.3 is 0 Å². The van der Waals surface area contributed by atoms with Crippen molar-refractivity contribution in [1.29, 1.82) is 0 Å². The van der Waals surface area contributed by atoms with Gasteiger partial charge in [-0.3, -0.25) is 9.79 Å². The fourth-order valence-electron chi connectivity index (χ4n) is 2.84. The van der Waals surface area contributed by atoms with Gasteiger partial charge in [0.15, 0.2) is 27.3 Å². The standard InChI is InChI=1S/C18H28N4O5S/c1-4-19-18(22-13-5-6-15(26-2)16(11-13)27-3)20-9-7-17(23)21-14-8-10-28(24,25)12-14/h5-6,11,14H,4,7-10,12H2,1-3H3,(H,21,23)(H2,19,20,22). The second-order valence-corrected chi connectivity index (χ2v) is 8.60. The van der Waals surface area contributed by atoms with Crippen LogP contribution in [-0.4, -0.2) is 65.1 Å². The van der Waals surface area contributed by atoms with E-state index in [1.165, 1.54) is 0 Å². The molecule has 0 saturated carbocycles. The summed E-state index contributed by atoms with van der Waals surface area (Å²) in [4.78, 5) is 16.4. The molecule has 0 aliphatic carbocycles. The quantitative estimate of drug-likeness (QED) is 0.426. The van der Waals surface area contributed by atoms with Gasteiger partial charge in [0.2, 0.25) is 5.91 Å². The van der Waals surface area contributed by atoms with Gasteiger partial charge in [-0.2, -0.15) is 0 Å². The zero-order valence-corrected chi connectivity index (χ0v) is 17.3. The first kappa shape index (κ1) is 21.8. The molecule has 1 amide bonds. The van der Waals surface area contributed by atoms with Crippen LogP contribution in [0.25, 0.3) is 0 Å². The van der Waals surface area contributed by atoms with Crippen molar-refractivity contribution in [3.8, 4) is 11.5 Å². The predicted octanol–water partition coefficient (Wildman–Crippen LogP) is 0.775. The van der Waals surface area contributed by atoms with Crippen LogP contribution in [0.1, 0.15) is 19.8 Å². The summed E-state index contributed by atoms with van der Waals surface area (Å²) >= 11 is 0. The molecule has 2 rings (SSSR count). The van der Waals surface area contributed by atoms with Crippen LogP contribution in [0.5, 0.6) is 11.5 Å². The zero-order valence-electron chi connectivity index (χ0n) is 16.4. The molecule has 1 aliphatic heterocycles. The van der Waals surface area contributed by atoms with Crippen LogP contribution in [0, 0.1) is 0 Å². The molecule has 1 heterocycles. The smallest absolute Gasteiger partial charge is 0.222 e. The molecule has 1 fully saturated rings. The van der Waals surface area contributed by atoms with E-state index in [0.717, 1.165) is 5.69 Å². The summed E-state index contributed by atoms with van der Waals surface area (Å²) in [5, 5.41) is 9.03. The Labute approximate surface area is 165 Å². The van der Waals surface area contributed by atoms with Crippen molar-refractivity contribution < 1.29 is 22.7 Å². The molecule has 28 heavy (non-hydrogen) atoms. The number of hydrogen-bond acceptors (Lipinski definition) is 6. The van der Waals surface area contributed by atoms with Gasteiger partial charge in [0.25, 0.3) is 0 Å². The van der Waals surface area contributed by atoms with Gasteiger partial charge in [-0.15, -0.1) is 0 Å². The van der Waals surface area contributed by atoms with Gasteiger partial charge in [0.05, 0.1) is 32.3 Å². The number of amides is 1. The van der Waals surface area contributed by atoms with E-state index in [-0.39, 0.29) is 36.4 Å². The van der Waals surface area contributed by atoms with Gasteiger partial charge in [0, 0.05) is 30.8 Å². The summed E-state index contributed by atoms with van der Waals surface area (Å²) in [5.74, 6) is 1.70. The molecule has 0 bridgehead atoms. The molecule has 1 atom stereocenters. The maximum absolute atomic E-state index is 12.0. The van der Waals surface area contributed by atoms with Gasteiger partial charge in [-0.1, -0.05) is 0 Å². The Morgan fingerprint density at radius 1 is 1.25 bits per heavy atom. The molecule has 1 aliphatic rings. The fraction of sp³-hybridized carbons (Fsp3) is 0.556. The first-order chi connectivity index (χ1) is 13.4. The zero-order chi connectivity index (χ0) is 20.6. The van der Waals surface area contributed by atoms with Crippen LogP contribution >= 0.6 is 0 Å². The number of carbonyl (C=O) groups is 1. The van der Waals surface area contributed by atoms with Gasteiger partial charge < -0.3 is 25.4 Å². The summed E-state index contributed by atoms with van der Waals surface area (Å²) in [6, 6.07) is 5.12. The maximum Gasteiger partial charge on any atom is 0.222 e. The second-order valence-electron chi connectivity index (χ2n) is 6.37. The minimum Gasteiger partial charge on any atom is -0.493 e. The lowest BCUT2D eigenvalue weighted by atomic mass is 10.2. The van der Waals surface area contributed by atoms with E-state index in [9.17, 15) is 13.2 Å². The van der Waals surface area contributed by atoms with Crippen molar-refractivity contribution in [2.75, 3.05) is 44.1 Å². The number of nitrogens with one attached hydrogen (secondary N) is 3. The number of sulfone groups is 1. The third-order valence-electron chi connectivity index (χ3n) is 4.20. The number of aliphatic imine (C=N–C) groups is 1. The van der Waals surface area contributed by atoms with Gasteiger partial charge in [-0.05, 0) is 25.5 Å². The van der Waals surface area contributed by atoms with Crippen LogP contribution in [0.2, 0.25) is 0 Å². The first-order valence-corrected chi connectivity index (χ1v) is 11.0. The van der Waals surface area contributed by atoms with Crippen molar-refractivity contribution in [2.24, 2.45) is 4.99 Å². The molecule has 1 aromatic rings. The average Bonchev–Trinajstić information content (AvgIpc) is 2.99. The molecule has 1 unspecified atom stereocenters. The molecule has 1 aromatic carbocycles. The summed E-state index contributed by atoms with van der Waals surface area (Å²) in [6.45, 7) is 2.87. The monoisotopic (exact) mass is 412 g/mol. The SMILES string of the molecule is CCNC(=NCCC(=O)NC1CCS(=O)(=O)C1)Nc1ccc(OC)c(OC)c1. The van der Waals surface area contributed by atoms with E-state index < -0.39 is 9.84 Å². The molecular weight excluding hydrogens is 384 g/mol. The van der Waals surface area contributed by atoms with Crippen molar-refractivity contribution in [3.05, 3.63) is 18.2 Å². The number of ether oxygens (including phenoxy) is 2. The fourth-order valence-corrected chi connectivity index (χ4v) is 4.51. The van der Waals surface area contributed by atoms with Crippen LogP contribution in [-0.2, 0) is 14.6 Å². The molecule has 9 nitrogen and oxygen atoms in total. The Hall–Kier alpha value is -2.49. The second kappa shape index (κ2) is 10.2. The lowest BCUT2D eigenvalue weighted by Gasteiger charge is -2.14. The molecular formula is C18H28N4O5S. The van der Waals surface area contributed by atoms with E-state index in [1.807, 2.05) is 13.0 Å². The van der Waals surface area contributed by atoms with Gasteiger partial charge in [-0.25, -0.2) is 8.42 Å².